The molecule has 1 aromatic heterocycles. The minimum Gasteiger partial charge on any atom is -0.378 e. The van der Waals surface area contributed by atoms with Crippen molar-refractivity contribution >= 4 is 21.6 Å². The Hall–Kier alpha value is -0.570. The van der Waals surface area contributed by atoms with Gasteiger partial charge >= 0.3 is 0 Å². The molecule has 1 aliphatic rings. The van der Waals surface area contributed by atoms with E-state index in [4.69, 9.17) is 0 Å². The summed E-state index contributed by atoms with van der Waals surface area (Å²) >= 11 is 3.43. The lowest BCUT2D eigenvalue weighted by Crippen LogP contribution is -2.44. The number of hydrogen-bond acceptors (Lipinski definition) is 2. The van der Waals surface area contributed by atoms with Gasteiger partial charge < -0.3 is 5.32 Å². The monoisotopic (exact) mass is 254 g/mol. The van der Waals surface area contributed by atoms with Crippen molar-refractivity contribution in [2.24, 2.45) is 0 Å². The first-order chi connectivity index (χ1) is 6.74. The van der Waals surface area contributed by atoms with E-state index in [9.17, 15) is 0 Å². The number of pyridine rings is 1. The summed E-state index contributed by atoms with van der Waals surface area (Å²) in [5, 5.41) is 3.59. The van der Waals surface area contributed by atoms with Gasteiger partial charge in [0.15, 0.2) is 0 Å². The van der Waals surface area contributed by atoms with Crippen LogP contribution >= 0.6 is 15.9 Å². The molecule has 1 heterocycles. The van der Waals surface area contributed by atoms with Gasteiger partial charge in [-0.3, -0.25) is 4.98 Å². The van der Waals surface area contributed by atoms with Crippen molar-refractivity contribution in [2.45, 2.75) is 38.1 Å². The molecule has 0 radical (unpaired) electrons. The normalized spacial score (nSPS) is 18.7. The molecule has 1 fully saturated rings. The summed E-state index contributed by atoms with van der Waals surface area (Å²) in [5.41, 5.74) is 1.48. The highest BCUT2D eigenvalue weighted by atomic mass is 79.9. The van der Waals surface area contributed by atoms with Crippen molar-refractivity contribution in [3.05, 3.63) is 22.9 Å². The fourth-order valence-electron chi connectivity index (χ4n) is 1.96. The molecule has 0 aromatic carbocycles. The van der Waals surface area contributed by atoms with Crippen molar-refractivity contribution < 1.29 is 0 Å². The lowest BCUT2D eigenvalue weighted by atomic mass is 9.75. The van der Waals surface area contributed by atoms with E-state index in [0.717, 1.165) is 10.2 Å². The summed E-state index contributed by atoms with van der Waals surface area (Å²) in [6, 6.07) is 2.09. The second kappa shape index (κ2) is 3.89. The van der Waals surface area contributed by atoms with Crippen molar-refractivity contribution in [2.75, 3.05) is 5.32 Å². The number of halogens is 1. The molecule has 1 aliphatic carbocycles. The first kappa shape index (κ1) is 9.97. The van der Waals surface area contributed by atoms with E-state index in [0.29, 0.717) is 5.54 Å². The van der Waals surface area contributed by atoms with E-state index in [1.54, 1.807) is 0 Å². The zero-order valence-corrected chi connectivity index (χ0v) is 9.97. The smallest absolute Gasteiger partial charge is 0.0542 e. The van der Waals surface area contributed by atoms with Gasteiger partial charge in [0, 0.05) is 16.2 Å². The SMILES string of the molecule is CCC1(Nc2cncc(Br)c2)CCC1. The summed E-state index contributed by atoms with van der Waals surface area (Å²) in [6.07, 6.45) is 8.82. The van der Waals surface area contributed by atoms with Crippen LogP contribution in [0.15, 0.2) is 22.9 Å². The van der Waals surface area contributed by atoms with Crippen LogP contribution < -0.4 is 5.32 Å². The van der Waals surface area contributed by atoms with Crippen molar-refractivity contribution in [3.63, 3.8) is 0 Å². The standard InChI is InChI=1S/C11H15BrN2/c1-2-11(4-3-5-11)14-10-6-9(12)7-13-8-10/h6-8,14H,2-5H2,1H3. The highest BCUT2D eigenvalue weighted by Crippen LogP contribution is 2.37. The largest absolute Gasteiger partial charge is 0.378 e. The molecule has 0 atom stereocenters. The Morgan fingerprint density at radius 1 is 1.50 bits per heavy atom. The molecule has 1 aromatic rings. The highest BCUT2D eigenvalue weighted by molar-refractivity contribution is 9.10. The average Bonchev–Trinajstić information content (AvgIpc) is 2.11. The fraction of sp³-hybridized carbons (Fsp3) is 0.545. The number of anilines is 1. The molecule has 0 amide bonds. The third-order valence-corrected chi connectivity index (χ3v) is 3.54. The van der Waals surface area contributed by atoms with Crippen LogP contribution in [0.4, 0.5) is 5.69 Å². The van der Waals surface area contributed by atoms with Gasteiger partial charge in [0.1, 0.15) is 0 Å². The Labute approximate surface area is 93.3 Å². The lowest BCUT2D eigenvalue weighted by Gasteiger charge is -2.42. The lowest BCUT2D eigenvalue weighted by molar-refractivity contribution is 0.269. The Bertz CT molecular complexity index is 315. The topological polar surface area (TPSA) is 24.9 Å². The molecule has 3 heteroatoms. The number of nitrogens with zero attached hydrogens (tertiary/aromatic N) is 1. The zero-order chi connectivity index (χ0) is 10.0. The Balaban J connectivity index is 2.09. The maximum Gasteiger partial charge on any atom is 0.0542 e. The summed E-state index contributed by atoms with van der Waals surface area (Å²) in [6.45, 7) is 2.25. The number of aromatic nitrogens is 1. The number of hydrogen-bond donors (Lipinski definition) is 1. The molecule has 1 N–H and O–H groups in total. The number of nitrogens with one attached hydrogen (secondary N) is 1. The fourth-order valence-corrected chi connectivity index (χ4v) is 2.32. The van der Waals surface area contributed by atoms with Gasteiger partial charge in [-0.25, -0.2) is 0 Å². The van der Waals surface area contributed by atoms with Crippen LogP contribution in [-0.2, 0) is 0 Å². The highest BCUT2D eigenvalue weighted by Gasteiger charge is 2.34. The van der Waals surface area contributed by atoms with Crippen molar-refractivity contribution in [1.29, 1.82) is 0 Å². The third kappa shape index (κ3) is 1.92. The van der Waals surface area contributed by atoms with Gasteiger partial charge in [0.05, 0.1) is 11.9 Å². The molecular weight excluding hydrogens is 240 g/mol. The van der Waals surface area contributed by atoms with Gasteiger partial charge in [-0.2, -0.15) is 0 Å². The minimum atomic E-state index is 0.350. The quantitative estimate of drug-likeness (QED) is 0.892. The molecule has 0 spiro atoms. The molecule has 0 unspecified atom stereocenters. The molecular formula is C11H15BrN2. The van der Waals surface area contributed by atoms with E-state index in [-0.39, 0.29) is 0 Å². The first-order valence-corrected chi connectivity index (χ1v) is 5.92. The Kier molecular flexibility index (Phi) is 2.77. The summed E-state index contributed by atoms with van der Waals surface area (Å²) in [7, 11) is 0. The summed E-state index contributed by atoms with van der Waals surface area (Å²) < 4.78 is 1.04. The zero-order valence-electron chi connectivity index (χ0n) is 8.39. The van der Waals surface area contributed by atoms with Gasteiger partial charge in [0.25, 0.3) is 0 Å². The van der Waals surface area contributed by atoms with Crippen LogP contribution in [0.5, 0.6) is 0 Å². The van der Waals surface area contributed by atoms with Crippen LogP contribution in [0.25, 0.3) is 0 Å². The average molecular weight is 255 g/mol. The Morgan fingerprint density at radius 3 is 2.79 bits per heavy atom. The summed E-state index contributed by atoms with van der Waals surface area (Å²) in [5.74, 6) is 0. The summed E-state index contributed by atoms with van der Waals surface area (Å²) in [4.78, 5) is 4.15. The molecule has 2 rings (SSSR count). The van der Waals surface area contributed by atoms with E-state index in [2.05, 4.69) is 39.2 Å². The second-order valence-electron chi connectivity index (χ2n) is 4.00. The van der Waals surface area contributed by atoms with E-state index in [1.165, 1.54) is 25.7 Å². The van der Waals surface area contributed by atoms with E-state index in [1.807, 2.05) is 12.4 Å². The van der Waals surface area contributed by atoms with Crippen LogP contribution in [0, 0.1) is 0 Å². The van der Waals surface area contributed by atoms with E-state index < -0.39 is 0 Å². The third-order valence-electron chi connectivity index (χ3n) is 3.10. The molecule has 14 heavy (non-hydrogen) atoms. The molecule has 2 nitrogen and oxygen atoms in total. The molecule has 76 valence electrons. The van der Waals surface area contributed by atoms with Crippen molar-refractivity contribution in [3.8, 4) is 0 Å². The van der Waals surface area contributed by atoms with Crippen LogP contribution in [0.3, 0.4) is 0 Å². The van der Waals surface area contributed by atoms with Crippen LogP contribution in [-0.4, -0.2) is 10.5 Å². The molecule has 0 saturated heterocycles. The molecule has 0 bridgehead atoms. The maximum absolute atomic E-state index is 4.15. The minimum absolute atomic E-state index is 0.350. The predicted octanol–water partition coefficient (Wildman–Crippen LogP) is 3.59. The maximum atomic E-state index is 4.15. The van der Waals surface area contributed by atoms with Gasteiger partial charge in [0.2, 0.25) is 0 Å². The predicted molar refractivity (Wildman–Crippen MR) is 62.4 cm³/mol. The first-order valence-electron chi connectivity index (χ1n) is 5.13. The number of rotatable bonds is 3. The van der Waals surface area contributed by atoms with Crippen LogP contribution in [0.2, 0.25) is 0 Å². The van der Waals surface area contributed by atoms with Crippen molar-refractivity contribution in [1.82, 2.24) is 4.98 Å². The molecule has 0 aliphatic heterocycles. The second-order valence-corrected chi connectivity index (χ2v) is 4.92. The van der Waals surface area contributed by atoms with E-state index >= 15 is 0 Å². The van der Waals surface area contributed by atoms with Crippen LogP contribution in [0.1, 0.15) is 32.6 Å². The van der Waals surface area contributed by atoms with Gasteiger partial charge in [-0.15, -0.1) is 0 Å². The van der Waals surface area contributed by atoms with Gasteiger partial charge in [-0.05, 0) is 47.7 Å². The molecule has 1 saturated carbocycles. The van der Waals surface area contributed by atoms with Gasteiger partial charge in [-0.1, -0.05) is 6.92 Å². The Morgan fingerprint density at radius 2 is 2.29 bits per heavy atom.